The molecule has 106 valence electrons. The van der Waals surface area contributed by atoms with Gasteiger partial charge in [0, 0.05) is 13.6 Å². The van der Waals surface area contributed by atoms with E-state index in [1.165, 1.54) is 25.7 Å². The fourth-order valence-electron chi connectivity index (χ4n) is 2.57. The fraction of sp³-hybridized carbons (Fsp3) is 0.714. The maximum Gasteiger partial charge on any atom is 0.158 e. The molecule has 2 aromatic rings. The zero-order chi connectivity index (χ0) is 14.0. The number of nitrogens with zero attached hydrogens (tertiary/aromatic N) is 4. The molecule has 0 aromatic carbocycles. The summed E-state index contributed by atoms with van der Waals surface area (Å²) in [4.78, 5) is 4.68. The number of hydrogen-bond donors (Lipinski definition) is 0. The van der Waals surface area contributed by atoms with Gasteiger partial charge in [-0.25, -0.2) is 4.98 Å². The lowest BCUT2D eigenvalue weighted by Crippen LogP contribution is -2.08. The van der Waals surface area contributed by atoms with Crippen molar-refractivity contribution in [3.8, 4) is 0 Å². The summed E-state index contributed by atoms with van der Waals surface area (Å²) in [5.41, 5.74) is 3.06. The summed E-state index contributed by atoms with van der Waals surface area (Å²) in [6, 6.07) is 0. The Bertz CT molecular complexity index is 553. The van der Waals surface area contributed by atoms with Gasteiger partial charge in [-0.3, -0.25) is 4.68 Å². The Morgan fingerprint density at radius 1 is 1.26 bits per heavy atom. The lowest BCUT2D eigenvalue weighted by atomic mass is 10.2. The van der Waals surface area contributed by atoms with Gasteiger partial charge in [-0.15, -0.1) is 11.6 Å². The van der Waals surface area contributed by atoms with E-state index >= 15 is 0 Å². The predicted octanol–water partition coefficient (Wildman–Crippen LogP) is 3.96. The molecule has 2 rings (SSSR count). The lowest BCUT2D eigenvalue weighted by Gasteiger charge is -2.10. The summed E-state index contributed by atoms with van der Waals surface area (Å²) in [5.74, 6) is 0.962. The van der Waals surface area contributed by atoms with Gasteiger partial charge in [-0.05, 0) is 20.3 Å². The van der Waals surface area contributed by atoms with E-state index in [-0.39, 0.29) is 5.38 Å². The normalized spacial score (nSPS) is 13.3. The predicted molar refractivity (Wildman–Crippen MR) is 79.6 cm³/mol. The van der Waals surface area contributed by atoms with E-state index in [4.69, 9.17) is 11.6 Å². The van der Waals surface area contributed by atoms with Crippen molar-refractivity contribution in [2.45, 2.75) is 58.4 Å². The van der Waals surface area contributed by atoms with Crippen LogP contribution in [0.25, 0.3) is 11.2 Å². The zero-order valence-corrected chi connectivity index (χ0v) is 13.0. The highest BCUT2D eigenvalue weighted by atomic mass is 35.5. The monoisotopic (exact) mass is 282 g/mol. The van der Waals surface area contributed by atoms with E-state index in [1.807, 2.05) is 25.6 Å². The molecule has 2 aromatic heterocycles. The second-order valence-electron chi connectivity index (χ2n) is 5.18. The van der Waals surface area contributed by atoms with E-state index in [9.17, 15) is 0 Å². The van der Waals surface area contributed by atoms with Gasteiger partial charge in [-0.1, -0.05) is 26.2 Å². The van der Waals surface area contributed by atoms with Gasteiger partial charge < -0.3 is 4.57 Å². The molecule has 2 heterocycles. The molecule has 1 atom stereocenters. The highest BCUT2D eigenvalue weighted by molar-refractivity contribution is 6.20. The molecule has 0 fully saturated rings. The molecule has 0 saturated carbocycles. The molecule has 0 spiro atoms. The minimum Gasteiger partial charge on any atom is -0.312 e. The average Bonchev–Trinajstić information content (AvgIpc) is 2.85. The van der Waals surface area contributed by atoms with Crippen LogP contribution in [0, 0.1) is 6.92 Å². The molecule has 0 amide bonds. The molecule has 0 aliphatic rings. The summed E-state index contributed by atoms with van der Waals surface area (Å²) in [5, 5.41) is 4.37. The quantitative estimate of drug-likeness (QED) is 0.594. The molecule has 0 saturated heterocycles. The summed E-state index contributed by atoms with van der Waals surface area (Å²) < 4.78 is 4.16. The average molecular weight is 283 g/mol. The maximum absolute atomic E-state index is 6.27. The highest BCUT2D eigenvalue weighted by Gasteiger charge is 2.19. The highest BCUT2D eigenvalue weighted by Crippen LogP contribution is 2.26. The molecule has 1 unspecified atom stereocenters. The van der Waals surface area contributed by atoms with Crippen LogP contribution in [-0.4, -0.2) is 19.3 Å². The number of hydrogen-bond acceptors (Lipinski definition) is 2. The van der Waals surface area contributed by atoms with Crippen LogP contribution in [0.3, 0.4) is 0 Å². The van der Waals surface area contributed by atoms with Crippen LogP contribution in [0.5, 0.6) is 0 Å². The van der Waals surface area contributed by atoms with Crippen LogP contribution >= 0.6 is 11.6 Å². The van der Waals surface area contributed by atoms with E-state index in [2.05, 4.69) is 21.6 Å². The van der Waals surface area contributed by atoms with Crippen molar-refractivity contribution < 1.29 is 0 Å². The molecule has 19 heavy (non-hydrogen) atoms. The SMILES string of the molecule is CCCCCCn1c(C(C)Cl)nc2c(C)nn(C)c21. The van der Waals surface area contributed by atoms with Crippen LogP contribution in [-0.2, 0) is 13.6 Å². The van der Waals surface area contributed by atoms with Gasteiger partial charge in [0.2, 0.25) is 0 Å². The van der Waals surface area contributed by atoms with Gasteiger partial charge in [0.05, 0.1) is 11.1 Å². The fourth-order valence-corrected chi connectivity index (χ4v) is 2.74. The Morgan fingerprint density at radius 2 is 2.00 bits per heavy atom. The van der Waals surface area contributed by atoms with Crippen molar-refractivity contribution in [3.05, 3.63) is 11.5 Å². The first-order valence-corrected chi connectivity index (χ1v) is 7.53. The van der Waals surface area contributed by atoms with Gasteiger partial charge in [0.15, 0.2) is 5.65 Å². The minimum absolute atomic E-state index is 0.0713. The molecular weight excluding hydrogens is 260 g/mol. The van der Waals surface area contributed by atoms with Crippen molar-refractivity contribution in [1.82, 2.24) is 19.3 Å². The number of fused-ring (bicyclic) bond motifs is 1. The second-order valence-corrected chi connectivity index (χ2v) is 5.83. The first-order valence-electron chi connectivity index (χ1n) is 7.10. The van der Waals surface area contributed by atoms with E-state index < -0.39 is 0 Å². The molecule has 0 aliphatic carbocycles. The first-order chi connectivity index (χ1) is 9.06. The van der Waals surface area contributed by atoms with Crippen molar-refractivity contribution >= 4 is 22.8 Å². The number of rotatable bonds is 6. The smallest absolute Gasteiger partial charge is 0.158 e. The third-order valence-electron chi connectivity index (χ3n) is 3.51. The summed E-state index contributed by atoms with van der Waals surface area (Å²) >= 11 is 6.27. The van der Waals surface area contributed by atoms with E-state index in [0.717, 1.165) is 29.2 Å². The van der Waals surface area contributed by atoms with E-state index in [1.54, 1.807) is 0 Å². The Hall–Kier alpha value is -1.03. The molecule has 0 bridgehead atoms. The molecular formula is C14H23ClN4. The van der Waals surface area contributed by atoms with Crippen LogP contribution in [0.2, 0.25) is 0 Å². The van der Waals surface area contributed by atoms with Crippen molar-refractivity contribution in [2.75, 3.05) is 0 Å². The molecule has 4 nitrogen and oxygen atoms in total. The number of imidazole rings is 1. The van der Waals surface area contributed by atoms with Gasteiger partial charge in [-0.2, -0.15) is 5.10 Å². The second kappa shape index (κ2) is 5.95. The third kappa shape index (κ3) is 2.78. The Labute approximate surface area is 119 Å². The minimum atomic E-state index is -0.0713. The van der Waals surface area contributed by atoms with Gasteiger partial charge >= 0.3 is 0 Å². The largest absolute Gasteiger partial charge is 0.312 e. The lowest BCUT2D eigenvalue weighted by molar-refractivity contribution is 0.563. The number of halogens is 1. The first kappa shape index (κ1) is 14.4. The Morgan fingerprint density at radius 3 is 2.63 bits per heavy atom. The number of aryl methyl sites for hydroxylation is 3. The molecule has 0 radical (unpaired) electrons. The van der Waals surface area contributed by atoms with E-state index in [0.29, 0.717) is 0 Å². The number of alkyl halides is 1. The number of aromatic nitrogens is 4. The Balaban J connectivity index is 2.34. The summed E-state index contributed by atoms with van der Waals surface area (Å²) in [6.45, 7) is 7.18. The summed E-state index contributed by atoms with van der Waals surface area (Å²) in [7, 11) is 1.97. The van der Waals surface area contributed by atoms with Crippen molar-refractivity contribution in [3.63, 3.8) is 0 Å². The van der Waals surface area contributed by atoms with Crippen molar-refractivity contribution in [1.29, 1.82) is 0 Å². The molecule has 5 heteroatoms. The van der Waals surface area contributed by atoms with Crippen LogP contribution < -0.4 is 0 Å². The third-order valence-corrected chi connectivity index (χ3v) is 3.71. The summed E-state index contributed by atoms with van der Waals surface area (Å²) in [6.07, 6.45) is 4.96. The van der Waals surface area contributed by atoms with Crippen LogP contribution in [0.1, 0.15) is 56.4 Å². The van der Waals surface area contributed by atoms with Crippen LogP contribution in [0.15, 0.2) is 0 Å². The van der Waals surface area contributed by atoms with Gasteiger partial charge in [0.1, 0.15) is 11.3 Å². The maximum atomic E-state index is 6.27. The molecule has 0 aliphatic heterocycles. The van der Waals surface area contributed by atoms with Crippen molar-refractivity contribution in [2.24, 2.45) is 7.05 Å². The van der Waals surface area contributed by atoms with Crippen LogP contribution in [0.4, 0.5) is 0 Å². The zero-order valence-electron chi connectivity index (χ0n) is 12.3. The standard InChI is InChI=1S/C14H23ClN4/c1-5-6-7-8-9-19-13(10(2)15)16-12-11(3)17-18(4)14(12)19/h10H,5-9H2,1-4H3. The topological polar surface area (TPSA) is 35.6 Å². The molecule has 0 N–H and O–H groups in total. The van der Waals surface area contributed by atoms with Gasteiger partial charge in [0.25, 0.3) is 0 Å². The number of unbranched alkanes of at least 4 members (excludes halogenated alkanes) is 3. The Kier molecular flexibility index (Phi) is 4.50.